The summed E-state index contributed by atoms with van der Waals surface area (Å²) in [4.78, 5) is 9.32. The number of ether oxygens (including phenoxy) is 1. The predicted octanol–water partition coefficient (Wildman–Crippen LogP) is 10.4. The lowest BCUT2D eigenvalue weighted by molar-refractivity contribution is 0.199. The maximum Gasteiger partial charge on any atom is 0.0567 e. The second kappa shape index (κ2) is 23.7. The van der Waals surface area contributed by atoms with E-state index >= 15 is 0 Å². The Kier molecular flexibility index (Phi) is 23.8. The first-order chi connectivity index (χ1) is 16.8. The van der Waals surface area contributed by atoms with Crippen molar-refractivity contribution in [3.05, 3.63) is 70.4 Å². The van der Waals surface area contributed by atoms with Crippen LogP contribution in [0.15, 0.2) is 58.6 Å². The van der Waals surface area contributed by atoms with Crippen molar-refractivity contribution in [3.8, 4) is 0 Å². The molecule has 1 N–H and O–H groups in total. The fourth-order valence-electron chi connectivity index (χ4n) is 2.84. The lowest BCUT2D eigenvalue weighted by atomic mass is 10.0. The van der Waals surface area contributed by atoms with Crippen LogP contribution < -0.4 is 0 Å². The number of aromatic nitrogens is 1. The van der Waals surface area contributed by atoms with E-state index in [0.717, 1.165) is 25.9 Å². The van der Waals surface area contributed by atoms with Crippen LogP contribution >= 0.6 is 11.8 Å². The number of nitrogens with zero attached hydrogens (tertiary/aromatic N) is 1. The number of allylic oxidation sites excluding steroid dienone is 6. The average Bonchev–Trinajstić information content (AvgIpc) is 3.22. The second-order valence-corrected chi connectivity index (χ2v) is 9.15. The second-order valence-electron chi connectivity index (χ2n) is 8.24. The summed E-state index contributed by atoms with van der Waals surface area (Å²) in [7, 11) is 1.71. The van der Waals surface area contributed by atoms with Gasteiger partial charge in [-0.3, -0.25) is 4.99 Å². The van der Waals surface area contributed by atoms with E-state index in [4.69, 9.17) is 9.73 Å². The minimum atomic E-state index is 0.431. The van der Waals surface area contributed by atoms with Gasteiger partial charge in [0.25, 0.3) is 0 Å². The molecular formula is C31H52N2OS. The van der Waals surface area contributed by atoms with Crippen LogP contribution in [0.5, 0.6) is 0 Å². The van der Waals surface area contributed by atoms with Gasteiger partial charge in [0.1, 0.15) is 0 Å². The summed E-state index contributed by atoms with van der Waals surface area (Å²) in [6.07, 6.45) is 18.6. The zero-order valence-electron chi connectivity index (χ0n) is 24.2. The Labute approximate surface area is 221 Å². The van der Waals surface area contributed by atoms with Crippen molar-refractivity contribution < 1.29 is 4.74 Å². The summed E-state index contributed by atoms with van der Waals surface area (Å²) in [5.74, 6) is 0.431. The molecule has 0 aliphatic carbocycles. The third-order valence-electron chi connectivity index (χ3n) is 4.81. The number of H-pyrrole nitrogens is 1. The summed E-state index contributed by atoms with van der Waals surface area (Å²) in [6, 6.07) is 0. The monoisotopic (exact) mass is 500 g/mol. The molecule has 1 unspecified atom stereocenters. The molecule has 1 aromatic rings. The molecule has 4 heteroatoms. The first-order valence-corrected chi connectivity index (χ1v) is 13.9. The molecule has 0 amide bonds. The van der Waals surface area contributed by atoms with E-state index in [0.29, 0.717) is 5.92 Å². The molecule has 198 valence electrons. The molecule has 0 spiro atoms. The fraction of sp³-hybridized carbons (Fsp3) is 0.516. The number of aryl methyl sites for hydroxylation is 1. The minimum Gasteiger partial charge on any atom is -0.385 e. The molecule has 0 aromatic carbocycles. The Bertz CT molecular complexity index is 823. The van der Waals surface area contributed by atoms with E-state index in [9.17, 15) is 0 Å². The summed E-state index contributed by atoms with van der Waals surface area (Å²) in [5.41, 5.74) is 6.02. The van der Waals surface area contributed by atoms with Gasteiger partial charge in [-0.1, -0.05) is 96.7 Å². The van der Waals surface area contributed by atoms with Gasteiger partial charge in [-0.05, 0) is 56.9 Å². The molecule has 0 fully saturated rings. The van der Waals surface area contributed by atoms with Crippen LogP contribution in [0.2, 0.25) is 0 Å². The molecule has 0 saturated carbocycles. The van der Waals surface area contributed by atoms with Gasteiger partial charge in [-0.15, -0.1) is 0 Å². The van der Waals surface area contributed by atoms with Crippen molar-refractivity contribution in [1.82, 2.24) is 4.98 Å². The number of hydrogen-bond acceptors (Lipinski definition) is 3. The summed E-state index contributed by atoms with van der Waals surface area (Å²) in [6.45, 7) is 23.9. The molecule has 0 radical (unpaired) electrons. The number of methoxy groups -OCH3 is 1. The van der Waals surface area contributed by atoms with Crippen LogP contribution in [-0.2, 0) is 4.74 Å². The molecule has 1 rings (SSSR count). The van der Waals surface area contributed by atoms with Gasteiger partial charge in [-0.25, -0.2) is 0 Å². The average molecular weight is 501 g/mol. The van der Waals surface area contributed by atoms with Gasteiger partial charge in [0.05, 0.1) is 5.71 Å². The first-order valence-electron chi connectivity index (χ1n) is 13.0. The normalized spacial score (nSPS) is 13.4. The highest BCUT2D eigenvalue weighted by Crippen LogP contribution is 2.30. The van der Waals surface area contributed by atoms with Crippen molar-refractivity contribution in [2.75, 3.05) is 13.7 Å². The zero-order chi connectivity index (χ0) is 27.1. The summed E-state index contributed by atoms with van der Waals surface area (Å²) >= 11 is 1.77. The first kappa shape index (κ1) is 35.1. The van der Waals surface area contributed by atoms with Crippen molar-refractivity contribution in [2.45, 2.75) is 88.0 Å². The SMILES string of the molecule is C=C/C=C\c1c(/C(C)=C/SC(=C\CC)/C(=N/C=C\C)C(C)CC)c[nH]c1C.CCC.CCCOC. The van der Waals surface area contributed by atoms with Crippen LogP contribution in [-0.4, -0.2) is 24.4 Å². The Morgan fingerprint density at radius 1 is 1.23 bits per heavy atom. The molecule has 0 aliphatic heterocycles. The molecule has 0 bridgehead atoms. The number of thioether (sulfide) groups is 1. The van der Waals surface area contributed by atoms with Crippen molar-refractivity contribution in [3.63, 3.8) is 0 Å². The highest BCUT2D eigenvalue weighted by molar-refractivity contribution is 8.06. The highest BCUT2D eigenvalue weighted by Gasteiger charge is 2.14. The molecule has 1 aromatic heterocycles. The fourth-order valence-corrected chi connectivity index (χ4v) is 3.91. The summed E-state index contributed by atoms with van der Waals surface area (Å²) < 4.78 is 4.69. The van der Waals surface area contributed by atoms with Gasteiger partial charge < -0.3 is 9.72 Å². The third kappa shape index (κ3) is 15.5. The predicted molar refractivity (Wildman–Crippen MR) is 164 cm³/mol. The molecular weight excluding hydrogens is 448 g/mol. The maximum absolute atomic E-state index is 4.73. The van der Waals surface area contributed by atoms with E-state index in [-0.39, 0.29) is 0 Å². The van der Waals surface area contributed by atoms with Crippen LogP contribution in [0.1, 0.15) is 97.9 Å². The Hall–Kier alpha value is -2.04. The van der Waals surface area contributed by atoms with E-state index in [1.807, 2.05) is 31.4 Å². The highest BCUT2D eigenvalue weighted by atomic mass is 32.2. The molecule has 1 heterocycles. The smallest absolute Gasteiger partial charge is 0.0567 e. The van der Waals surface area contributed by atoms with Crippen LogP contribution in [0, 0.1) is 12.8 Å². The lowest BCUT2D eigenvalue weighted by Gasteiger charge is -2.15. The van der Waals surface area contributed by atoms with Gasteiger partial charge in [0.15, 0.2) is 0 Å². The number of nitrogens with one attached hydrogen (secondary N) is 1. The molecule has 35 heavy (non-hydrogen) atoms. The topological polar surface area (TPSA) is 37.4 Å². The molecule has 0 aliphatic rings. The van der Waals surface area contributed by atoms with E-state index < -0.39 is 0 Å². The molecule has 0 saturated heterocycles. The molecule has 3 nitrogen and oxygen atoms in total. The summed E-state index contributed by atoms with van der Waals surface area (Å²) in [5, 5.41) is 2.24. The van der Waals surface area contributed by atoms with Crippen LogP contribution in [0.4, 0.5) is 0 Å². The Morgan fingerprint density at radius 2 is 1.89 bits per heavy atom. The molecule has 1 atom stereocenters. The Morgan fingerprint density at radius 3 is 2.34 bits per heavy atom. The largest absolute Gasteiger partial charge is 0.385 e. The van der Waals surface area contributed by atoms with Crippen molar-refractivity contribution >= 4 is 29.1 Å². The lowest BCUT2D eigenvalue weighted by Crippen LogP contribution is -2.11. The van der Waals surface area contributed by atoms with Crippen molar-refractivity contribution in [2.24, 2.45) is 10.9 Å². The number of rotatable bonds is 12. The number of aromatic amines is 1. The van der Waals surface area contributed by atoms with Gasteiger partial charge in [0, 0.05) is 47.8 Å². The van der Waals surface area contributed by atoms with E-state index in [1.54, 1.807) is 18.9 Å². The number of hydrogen-bond donors (Lipinski definition) is 1. The maximum atomic E-state index is 4.73. The van der Waals surface area contributed by atoms with Crippen molar-refractivity contribution in [1.29, 1.82) is 0 Å². The van der Waals surface area contributed by atoms with Crippen LogP contribution in [0.25, 0.3) is 11.6 Å². The van der Waals surface area contributed by atoms with Gasteiger partial charge in [0.2, 0.25) is 0 Å². The van der Waals surface area contributed by atoms with Crippen LogP contribution in [0.3, 0.4) is 0 Å². The van der Waals surface area contributed by atoms with Gasteiger partial charge >= 0.3 is 0 Å². The minimum absolute atomic E-state index is 0.431. The standard InChI is InChI=1S/C24H34N2S.C4H10O.C3H8/c1-8-12-14-21-20(7)26-16-22(21)19(6)17-27-23(13-9-2)24(18(5)11-4)25-15-10-3;1-3-4-5-2;1-3-2/h8,10,12-18,26H,1,9,11H2,2-7H3;3-4H2,1-2H3;3H2,1-2H3/b14-12-,15-10-,19-17+,23-13-,25-24+;;. The number of aliphatic imine (C=N–C) groups is 1. The third-order valence-corrected chi connectivity index (χ3v) is 5.91. The van der Waals surface area contributed by atoms with E-state index in [1.165, 1.54) is 39.4 Å². The van der Waals surface area contributed by atoms with E-state index in [2.05, 4.69) is 90.7 Å². The van der Waals surface area contributed by atoms with Gasteiger partial charge in [-0.2, -0.15) is 0 Å². The quantitative estimate of drug-likeness (QED) is 0.229. The Balaban J connectivity index is 0. The zero-order valence-corrected chi connectivity index (χ0v) is 25.0.